The van der Waals surface area contributed by atoms with Gasteiger partial charge in [0.2, 0.25) is 47.3 Å². The summed E-state index contributed by atoms with van der Waals surface area (Å²) in [5.41, 5.74) is 25.6. The molecule has 0 spiro atoms. The molecule has 8 amide bonds. The molecule has 1 fully saturated rings. The average molecular weight is 1320 g/mol. The van der Waals surface area contributed by atoms with Gasteiger partial charge in [0.05, 0.1) is 39.2 Å². The third-order valence-corrected chi connectivity index (χ3v) is 16.1. The number of nitrogens with zero attached hydrogens (tertiary/aromatic N) is 5. The molecule has 0 aliphatic carbocycles. The van der Waals surface area contributed by atoms with Gasteiger partial charge in [0.1, 0.15) is 54.4 Å². The third kappa shape index (κ3) is 27.0. The van der Waals surface area contributed by atoms with Crippen molar-refractivity contribution in [3.8, 4) is 0 Å². The van der Waals surface area contributed by atoms with E-state index in [9.17, 15) is 86.9 Å². The van der Waals surface area contributed by atoms with Gasteiger partial charge in [-0.15, -0.1) is 0 Å². The van der Waals surface area contributed by atoms with Crippen LogP contribution in [-0.2, 0) is 74.7 Å². The molecule has 10 atom stereocenters. The summed E-state index contributed by atoms with van der Waals surface area (Å²) in [5.74, 6) is -6.16. The fraction of sp³-hybridized carbons (Fsp3) is 0.674. The van der Waals surface area contributed by atoms with Gasteiger partial charge >= 0.3 is 23.5 Å². The van der Waals surface area contributed by atoms with Gasteiger partial charge in [-0.25, -0.2) is 28.6 Å². The van der Waals surface area contributed by atoms with Crippen LogP contribution in [0.25, 0.3) is 11.2 Å². The number of rotatable bonds is 41. The number of unbranched alkanes of at least 4 members (excludes halogenated alkanes) is 1. The van der Waals surface area contributed by atoms with E-state index in [0.29, 0.717) is 25.1 Å². The number of ether oxygens (including phenoxy) is 1. The maximum atomic E-state index is 13.0. The summed E-state index contributed by atoms with van der Waals surface area (Å²) in [6.45, 7) is -1.55. The molecule has 2 aromatic rings. The van der Waals surface area contributed by atoms with Crippen molar-refractivity contribution in [3.63, 3.8) is 0 Å². The predicted octanol–water partition coefficient (Wildman–Crippen LogP) is -7.12. The number of phosphoric ester groups is 3. The standard InChI is InChI=1S/C43H76N17O23P3S/c1-43(2,20-80-86(77,78)83-85(75,76)79-19-26-32(66)33(82-84(72,73)74)41(81-26)60-22-56-31-35(45)54-21-55-37(31)60)34(67)40(71)50-12-8-27(62)49-13-15-87-14-9-28(63)59-25(18-61)39(70)53-17-30(65)58-24(7-5-11-51-42(47)48)38(69)52-16-29(64)57-23(36(46)68)6-3-4-10-44/h21-26,32-34,41,61,66-67H,3-20,44H2,1-2H3,(H2,46,68)(H,49,62)(H,50,71)(H,52,69)(H,53,70)(H,57,64)(H,58,65)(H,59,63)(H,75,76)(H,77,78)(H2,45,54,55)(H4,47,48,51)(H2,72,73,74)/t23-,24-,25-,26+,32+,33+,34?,41+/m0/s1. The molecule has 1 aliphatic heterocycles. The predicted molar refractivity (Wildman–Crippen MR) is 302 cm³/mol. The number of anilines is 1. The first-order chi connectivity index (χ1) is 40.7. The number of thioether (sulfide) groups is 1. The molecule has 1 saturated heterocycles. The summed E-state index contributed by atoms with van der Waals surface area (Å²) in [5, 5.41) is 48.0. The van der Waals surface area contributed by atoms with Crippen LogP contribution in [0.2, 0.25) is 0 Å². The van der Waals surface area contributed by atoms with Crippen molar-refractivity contribution in [1.82, 2.24) is 56.7 Å². The molecule has 3 unspecified atom stereocenters. The zero-order chi connectivity index (χ0) is 65.3. The number of imidazole rings is 1. The van der Waals surface area contributed by atoms with Gasteiger partial charge in [-0.05, 0) is 38.6 Å². The summed E-state index contributed by atoms with van der Waals surface area (Å²) < 4.78 is 62.5. The van der Waals surface area contributed by atoms with Gasteiger partial charge in [0, 0.05) is 49.4 Å². The summed E-state index contributed by atoms with van der Waals surface area (Å²) in [4.78, 5) is 156. The molecule has 492 valence electrons. The zero-order valence-corrected chi connectivity index (χ0v) is 50.5. The topological polar surface area (TPSA) is 646 Å². The fourth-order valence-electron chi connectivity index (χ4n) is 7.53. The number of carbonyl (C=O) groups excluding carboxylic acids is 8. The van der Waals surface area contributed by atoms with Crippen LogP contribution in [-0.4, -0.2) is 221 Å². The Morgan fingerprint density at radius 2 is 1.40 bits per heavy atom. The number of aliphatic imine (C=N–C) groups is 1. The number of hydrogen-bond acceptors (Lipinski definition) is 26. The first-order valence-corrected chi connectivity index (χ1v) is 31.9. The number of primary amides is 1. The normalized spacial score (nSPS) is 18.8. The number of amides is 8. The highest BCUT2D eigenvalue weighted by Crippen LogP contribution is 2.61. The van der Waals surface area contributed by atoms with Gasteiger partial charge < -0.3 is 106 Å². The van der Waals surface area contributed by atoms with Crippen LogP contribution in [0, 0.1) is 5.41 Å². The minimum atomic E-state index is -5.61. The van der Waals surface area contributed by atoms with Gasteiger partial charge in [0.15, 0.2) is 23.7 Å². The van der Waals surface area contributed by atoms with Crippen LogP contribution in [0.5, 0.6) is 0 Å². The molecule has 44 heteroatoms. The van der Waals surface area contributed by atoms with Crippen LogP contribution in [0.4, 0.5) is 5.82 Å². The van der Waals surface area contributed by atoms with Crippen molar-refractivity contribution in [2.75, 3.05) is 76.3 Å². The smallest absolute Gasteiger partial charge is 0.394 e. The maximum Gasteiger partial charge on any atom is 0.481 e. The maximum absolute atomic E-state index is 13.0. The second kappa shape index (κ2) is 35.8. The second-order valence-electron chi connectivity index (χ2n) is 19.5. The second-order valence-corrected chi connectivity index (χ2v) is 25.0. The van der Waals surface area contributed by atoms with E-state index in [4.69, 9.17) is 47.0 Å². The van der Waals surface area contributed by atoms with E-state index in [1.165, 1.54) is 25.6 Å². The Kier molecular flexibility index (Phi) is 30.9. The lowest BCUT2D eigenvalue weighted by atomic mass is 9.87. The zero-order valence-electron chi connectivity index (χ0n) is 47.0. The first kappa shape index (κ1) is 75.2. The van der Waals surface area contributed by atoms with Gasteiger partial charge in [0.25, 0.3) is 0 Å². The third-order valence-electron chi connectivity index (χ3n) is 12.0. The Hall–Kier alpha value is -6.10. The Bertz CT molecular complexity index is 2850. The number of carbonyl (C=O) groups is 8. The summed E-state index contributed by atoms with van der Waals surface area (Å²) in [6.07, 6.45) is -6.01. The van der Waals surface area contributed by atoms with E-state index >= 15 is 0 Å². The first-order valence-electron chi connectivity index (χ1n) is 26.3. The van der Waals surface area contributed by atoms with Crippen LogP contribution >= 0.6 is 35.2 Å². The average Bonchev–Trinajstić information content (AvgIpc) is 1.67. The van der Waals surface area contributed by atoms with Crippen LogP contribution in [0.15, 0.2) is 17.6 Å². The van der Waals surface area contributed by atoms with Crippen LogP contribution < -0.4 is 65.9 Å². The number of nitrogen functional groups attached to an aromatic ring is 1. The molecule has 3 heterocycles. The Labute approximate surface area is 500 Å². The number of nitrogens with one attached hydrogen (secondary N) is 7. The molecule has 0 radical (unpaired) electrons. The molecular weight excluding hydrogens is 1250 g/mol. The largest absolute Gasteiger partial charge is 0.481 e. The Morgan fingerprint density at radius 3 is 2.02 bits per heavy atom. The van der Waals surface area contributed by atoms with Crippen molar-refractivity contribution >= 4 is 105 Å². The van der Waals surface area contributed by atoms with Crippen molar-refractivity contribution in [1.29, 1.82) is 0 Å². The minimum Gasteiger partial charge on any atom is -0.394 e. The van der Waals surface area contributed by atoms with E-state index in [1.54, 1.807) is 0 Å². The SMILES string of the molecule is CC(C)(COP(=O)(O)OP(=O)(O)OC[C@H]1O[C@@H](n2cnc3c(N)ncnc32)[C@H](OP(=O)(O)O)[C@@H]1O)C(O)C(=O)NCCC(=O)NCCSCCC(=O)N[C@@H](CO)C(=O)NCC(=O)N[C@@H](CCCN=C(N)N)C(=O)NCC(=O)N[C@@H](CCCCN)C(N)=O. The fourth-order valence-corrected chi connectivity index (χ4v) is 11.1. The monoisotopic (exact) mass is 1320 g/mol. The molecule has 24 N–H and O–H groups in total. The number of guanidine groups is 1. The number of fused-ring (bicyclic) bond motifs is 1. The lowest BCUT2D eigenvalue weighted by Crippen LogP contribution is -2.54. The van der Waals surface area contributed by atoms with Gasteiger partial charge in [-0.3, -0.25) is 61.5 Å². The lowest BCUT2D eigenvalue weighted by molar-refractivity contribution is -0.137. The highest BCUT2D eigenvalue weighted by molar-refractivity contribution is 7.99. The number of nitrogens with two attached hydrogens (primary N) is 5. The summed E-state index contributed by atoms with van der Waals surface area (Å²) in [7, 11) is -16.5. The summed E-state index contributed by atoms with van der Waals surface area (Å²) in [6, 6.07) is -3.73. The molecule has 87 heavy (non-hydrogen) atoms. The van der Waals surface area contributed by atoms with Crippen LogP contribution in [0.3, 0.4) is 0 Å². The number of aliphatic hydroxyl groups is 3. The lowest BCUT2D eigenvalue weighted by Gasteiger charge is -2.30. The molecule has 40 nitrogen and oxygen atoms in total. The highest BCUT2D eigenvalue weighted by atomic mass is 32.2. The Balaban J connectivity index is 1.35. The van der Waals surface area contributed by atoms with Crippen molar-refractivity contribution in [2.45, 2.75) is 108 Å². The van der Waals surface area contributed by atoms with E-state index in [1.807, 2.05) is 0 Å². The van der Waals surface area contributed by atoms with E-state index in [-0.39, 0.29) is 80.4 Å². The van der Waals surface area contributed by atoms with Crippen LogP contribution in [0.1, 0.15) is 65.0 Å². The molecule has 0 bridgehead atoms. The van der Waals surface area contributed by atoms with Crippen molar-refractivity contribution in [3.05, 3.63) is 12.7 Å². The number of phosphoric acid groups is 3. The molecule has 3 rings (SSSR count). The molecule has 2 aromatic heterocycles. The number of aromatic nitrogens is 4. The minimum absolute atomic E-state index is 0.0180. The van der Waals surface area contributed by atoms with Crippen molar-refractivity contribution < 1.29 is 110 Å². The Morgan fingerprint density at radius 1 is 0.782 bits per heavy atom. The summed E-state index contributed by atoms with van der Waals surface area (Å²) >= 11 is 1.23. The molecule has 0 saturated carbocycles. The molecule has 0 aromatic carbocycles. The van der Waals surface area contributed by atoms with E-state index < -0.39 is 158 Å². The van der Waals surface area contributed by atoms with Crippen molar-refractivity contribution in [2.24, 2.45) is 33.3 Å². The molecule has 1 aliphatic rings. The van der Waals surface area contributed by atoms with Gasteiger partial charge in [-0.1, -0.05) is 13.8 Å². The van der Waals surface area contributed by atoms with E-state index in [0.717, 1.165) is 17.2 Å². The quantitative estimate of drug-likeness (QED) is 0.0127. The van der Waals surface area contributed by atoms with Gasteiger partial charge in [-0.2, -0.15) is 16.1 Å². The number of aliphatic hydroxyl groups excluding tert-OH is 3. The number of hydrogen-bond donors (Lipinski definition) is 19. The highest BCUT2D eigenvalue weighted by Gasteiger charge is 2.50. The molecular formula is C43H76N17O23P3S. The van der Waals surface area contributed by atoms with E-state index in [2.05, 4.69) is 61.5 Å².